The van der Waals surface area contributed by atoms with Gasteiger partial charge in [0.2, 0.25) is 11.8 Å². The predicted molar refractivity (Wildman–Crippen MR) is 87.0 cm³/mol. The van der Waals surface area contributed by atoms with E-state index in [2.05, 4.69) is 5.32 Å². The molecule has 0 aliphatic carbocycles. The minimum absolute atomic E-state index is 0.335. The van der Waals surface area contributed by atoms with Crippen LogP contribution >= 0.6 is 0 Å². The maximum absolute atomic E-state index is 11.9. The number of nitrogens with one attached hydrogen (secondary N) is 1. The van der Waals surface area contributed by atoms with E-state index in [0.29, 0.717) is 6.42 Å². The second-order valence-corrected chi connectivity index (χ2v) is 6.04. The van der Waals surface area contributed by atoms with Gasteiger partial charge in [-0.25, -0.2) is 0 Å². The van der Waals surface area contributed by atoms with Gasteiger partial charge in [-0.1, -0.05) is 42.5 Å². The molecule has 5 nitrogen and oxygen atoms in total. The van der Waals surface area contributed by atoms with Gasteiger partial charge in [0.15, 0.2) is 0 Å². The van der Waals surface area contributed by atoms with Crippen LogP contribution in [0.4, 0.5) is 0 Å². The highest BCUT2D eigenvalue weighted by Gasteiger charge is 2.27. The Hall–Kier alpha value is -2.40. The summed E-state index contributed by atoms with van der Waals surface area (Å²) in [7, 11) is 0. The lowest BCUT2D eigenvalue weighted by Crippen LogP contribution is -2.55. The fourth-order valence-corrected chi connectivity index (χ4v) is 2.17. The standard InChI is InChI=1S/C17H21N3O2/c1-17(2,19)16(22)20-14(15(18)21)10-11-7-8-12-5-3-4-6-13(12)9-11/h3-9,14H,10,19H2,1-2H3,(H2,18,21)(H,20,22)/t14-/m0/s1. The van der Waals surface area contributed by atoms with Crippen molar-refractivity contribution in [2.45, 2.75) is 31.8 Å². The third-order valence-electron chi connectivity index (χ3n) is 3.49. The zero-order chi connectivity index (χ0) is 16.3. The molecule has 0 aromatic heterocycles. The molecule has 0 aliphatic heterocycles. The molecule has 0 aliphatic rings. The molecule has 0 unspecified atom stereocenters. The first-order valence-corrected chi connectivity index (χ1v) is 7.14. The summed E-state index contributed by atoms with van der Waals surface area (Å²) in [5.74, 6) is -0.983. The highest BCUT2D eigenvalue weighted by atomic mass is 16.2. The van der Waals surface area contributed by atoms with Gasteiger partial charge >= 0.3 is 0 Å². The highest BCUT2D eigenvalue weighted by molar-refractivity contribution is 5.91. The van der Waals surface area contributed by atoms with Crippen molar-refractivity contribution in [3.63, 3.8) is 0 Å². The highest BCUT2D eigenvalue weighted by Crippen LogP contribution is 2.16. The number of fused-ring (bicyclic) bond motifs is 1. The number of rotatable bonds is 5. The normalized spacial score (nSPS) is 12.9. The van der Waals surface area contributed by atoms with E-state index in [9.17, 15) is 9.59 Å². The third-order valence-corrected chi connectivity index (χ3v) is 3.49. The molecule has 0 fully saturated rings. The Morgan fingerprint density at radius 1 is 1.14 bits per heavy atom. The Morgan fingerprint density at radius 2 is 1.77 bits per heavy atom. The van der Waals surface area contributed by atoms with Crippen molar-refractivity contribution < 1.29 is 9.59 Å². The van der Waals surface area contributed by atoms with Gasteiger partial charge in [0.25, 0.3) is 0 Å². The van der Waals surface area contributed by atoms with Gasteiger partial charge in [-0.3, -0.25) is 9.59 Å². The summed E-state index contributed by atoms with van der Waals surface area (Å²) in [4.78, 5) is 23.5. The number of carbonyl (C=O) groups is 2. The van der Waals surface area contributed by atoms with Gasteiger partial charge in [-0.15, -0.1) is 0 Å². The van der Waals surface area contributed by atoms with Crippen molar-refractivity contribution >= 4 is 22.6 Å². The maximum Gasteiger partial charge on any atom is 0.240 e. The summed E-state index contributed by atoms with van der Waals surface area (Å²) in [6, 6.07) is 13.1. The lowest BCUT2D eigenvalue weighted by molar-refractivity contribution is -0.130. The molecule has 22 heavy (non-hydrogen) atoms. The smallest absolute Gasteiger partial charge is 0.240 e. The van der Waals surface area contributed by atoms with Crippen molar-refractivity contribution in [2.75, 3.05) is 0 Å². The SMILES string of the molecule is CC(C)(N)C(=O)N[C@@H](Cc1ccc2ccccc2c1)C(N)=O. The number of benzene rings is 2. The molecule has 2 aromatic rings. The summed E-state index contributed by atoms with van der Waals surface area (Å²) < 4.78 is 0. The van der Waals surface area contributed by atoms with Crippen LogP contribution in [0, 0.1) is 0 Å². The minimum atomic E-state index is -1.06. The van der Waals surface area contributed by atoms with E-state index in [4.69, 9.17) is 11.5 Å². The van der Waals surface area contributed by atoms with Crippen LogP contribution in [0.3, 0.4) is 0 Å². The van der Waals surface area contributed by atoms with Crippen molar-refractivity contribution in [3.8, 4) is 0 Å². The molecule has 5 heteroatoms. The summed E-state index contributed by atoms with van der Waals surface area (Å²) in [5.41, 5.74) is 11.0. The van der Waals surface area contributed by atoms with E-state index < -0.39 is 23.4 Å². The average molecular weight is 299 g/mol. The number of primary amides is 1. The molecule has 5 N–H and O–H groups in total. The van der Waals surface area contributed by atoms with Gasteiger partial charge in [-0.05, 0) is 30.2 Å². The molecule has 0 bridgehead atoms. The van der Waals surface area contributed by atoms with E-state index >= 15 is 0 Å². The molecular weight excluding hydrogens is 278 g/mol. The Balaban J connectivity index is 2.19. The Morgan fingerprint density at radius 3 is 2.36 bits per heavy atom. The first kappa shape index (κ1) is 16.0. The number of hydrogen-bond donors (Lipinski definition) is 3. The quantitative estimate of drug-likeness (QED) is 0.770. The molecular formula is C17H21N3O2. The summed E-state index contributed by atoms with van der Waals surface area (Å²) in [5, 5.41) is 4.81. The second kappa shape index (κ2) is 6.15. The van der Waals surface area contributed by atoms with Crippen LogP contribution < -0.4 is 16.8 Å². The molecule has 0 saturated heterocycles. The Labute approximate surface area is 129 Å². The monoisotopic (exact) mass is 299 g/mol. The fraction of sp³-hybridized carbons (Fsp3) is 0.294. The fourth-order valence-electron chi connectivity index (χ4n) is 2.17. The molecule has 0 heterocycles. The zero-order valence-electron chi connectivity index (χ0n) is 12.8. The largest absolute Gasteiger partial charge is 0.368 e. The molecule has 2 aromatic carbocycles. The number of amides is 2. The first-order chi connectivity index (χ1) is 10.3. The van der Waals surface area contributed by atoms with Crippen LogP contribution in [0.15, 0.2) is 42.5 Å². The van der Waals surface area contributed by atoms with Crippen LogP contribution in [-0.2, 0) is 16.0 Å². The summed E-state index contributed by atoms with van der Waals surface area (Å²) in [6.45, 7) is 3.16. The predicted octanol–water partition coefficient (Wildman–Crippen LogP) is 1.09. The lowest BCUT2D eigenvalue weighted by atomic mass is 10.00. The number of hydrogen-bond acceptors (Lipinski definition) is 3. The molecule has 116 valence electrons. The van der Waals surface area contributed by atoms with Crippen molar-refractivity contribution in [1.82, 2.24) is 5.32 Å². The third kappa shape index (κ3) is 3.83. The van der Waals surface area contributed by atoms with Crippen LogP contribution in [-0.4, -0.2) is 23.4 Å². The number of carbonyl (C=O) groups excluding carboxylic acids is 2. The van der Waals surface area contributed by atoms with E-state index in [-0.39, 0.29) is 0 Å². The van der Waals surface area contributed by atoms with E-state index in [1.807, 2.05) is 42.5 Å². The van der Waals surface area contributed by atoms with Gasteiger partial charge in [0, 0.05) is 6.42 Å². The van der Waals surface area contributed by atoms with Crippen molar-refractivity contribution in [1.29, 1.82) is 0 Å². The maximum atomic E-state index is 11.9. The Bertz CT molecular complexity index is 704. The van der Waals surface area contributed by atoms with Gasteiger partial charge in [0.05, 0.1) is 5.54 Å². The van der Waals surface area contributed by atoms with Crippen LogP contribution in [0.5, 0.6) is 0 Å². The molecule has 0 radical (unpaired) electrons. The molecule has 2 rings (SSSR count). The van der Waals surface area contributed by atoms with Gasteiger partial charge in [-0.2, -0.15) is 0 Å². The van der Waals surface area contributed by atoms with E-state index in [1.165, 1.54) is 0 Å². The van der Waals surface area contributed by atoms with Crippen LogP contribution in [0.2, 0.25) is 0 Å². The summed E-state index contributed by atoms with van der Waals surface area (Å²) in [6.07, 6.45) is 0.335. The lowest BCUT2D eigenvalue weighted by Gasteiger charge is -2.22. The Kier molecular flexibility index (Phi) is 4.47. The molecule has 1 atom stereocenters. The topological polar surface area (TPSA) is 98.2 Å². The van der Waals surface area contributed by atoms with Gasteiger partial charge < -0.3 is 16.8 Å². The average Bonchev–Trinajstić information content (AvgIpc) is 2.45. The van der Waals surface area contributed by atoms with E-state index in [1.54, 1.807) is 13.8 Å². The number of nitrogens with two attached hydrogens (primary N) is 2. The zero-order valence-corrected chi connectivity index (χ0v) is 12.8. The van der Waals surface area contributed by atoms with E-state index in [0.717, 1.165) is 16.3 Å². The van der Waals surface area contributed by atoms with Crippen LogP contribution in [0.25, 0.3) is 10.8 Å². The summed E-state index contributed by atoms with van der Waals surface area (Å²) >= 11 is 0. The first-order valence-electron chi connectivity index (χ1n) is 7.14. The van der Waals surface area contributed by atoms with Crippen molar-refractivity contribution in [2.24, 2.45) is 11.5 Å². The minimum Gasteiger partial charge on any atom is -0.368 e. The molecule has 0 spiro atoms. The van der Waals surface area contributed by atoms with Crippen LogP contribution in [0.1, 0.15) is 19.4 Å². The molecule has 2 amide bonds. The molecule has 0 saturated carbocycles. The van der Waals surface area contributed by atoms with Gasteiger partial charge in [0.1, 0.15) is 6.04 Å². The van der Waals surface area contributed by atoms with Crippen molar-refractivity contribution in [3.05, 3.63) is 48.0 Å². The second-order valence-electron chi connectivity index (χ2n) is 6.04.